The van der Waals surface area contributed by atoms with Gasteiger partial charge in [0.25, 0.3) is 7.82 Å². The Morgan fingerprint density at radius 2 is 0.879 bits per heavy atom. The van der Waals surface area contributed by atoms with Crippen molar-refractivity contribution in [3.8, 4) is 0 Å². The number of carbonyl (C=O) groups excluding carboxylic acids is 1. The Morgan fingerprint density at radius 1 is 0.530 bits per heavy atom. The van der Waals surface area contributed by atoms with Crippen molar-refractivity contribution in [2.24, 2.45) is 0 Å². The topological polar surface area (TPSA) is 108 Å². The zero-order valence-corrected chi connectivity index (χ0v) is 45.3. The van der Waals surface area contributed by atoms with Gasteiger partial charge in [-0.1, -0.05) is 249 Å². The number of aliphatic hydroxyl groups is 1. The molecular weight excluding hydrogens is 840 g/mol. The lowest BCUT2D eigenvalue weighted by Gasteiger charge is -2.29. The molecule has 0 aliphatic heterocycles. The van der Waals surface area contributed by atoms with Crippen LogP contribution in [0.25, 0.3) is 0 Å². The summed E-state index contributed by atoms with van der Waals surface area (Å²) in [7, 11) is 1.26. The average molecular weight is 951 g/mol. The maximum Gasteiger partial charge on any atom is 0.268 e. The van der Waals surface area contributed by atoms with Crippen molar-refractivity contribution in [1.29, 1.82) is 0 Å². The van der Waals surface area contributed by atoms with E-state index in [0.29, 0.717) is 17.4 Å². The van der Waals surface area contributed by atoms with Crippen LogP contribution in [0.4, 0.5) is 0 Å². The summed E-state index contributed by atoms with van der Waals surface area (Å²) in [5.74, 6) is -0.201. The summed E-state index contributed by atoms with van der Waals surface area (Å²) < 4.78 is 23.0. The molecule has 1 amide bonds. The predicted molar refractivity (Wildman–Crippen MR) is 284 cm³/mol. The van der Waals surface area contributed by atoms with Gasteiger partial charge < -0.3 is 28.8 Å². The first kappa shape index (κ1) is 64.7. The van der Waals surface area contributed by atoms with E-state index in [4.69, 9.17) is 9.05 Å². The van der Waals surface area contributed by atoms with Gasteiger partial charge in [0.1, 0.15) is 13.2 Å². The van der Waals surface area contributed by atoms with Crippen molar-refractivity contribution < 1.29 is 32.9 Å². The highest BCUT2D eigenvalue weighted by molar-refractivity contribution is 7.45. The summed E-state index contributed by atoms with van der Waals surface area (Å²) in [5.41, 5.74) is 0. The van der Waals surface area contributed by atoms with E-state index >= 15 is 0 Å². The smallest absolute Gasteiger partial charge is 0.268 e. The fourth-order valence-electron chi connectivity index (χ4n) is 8.36. The number of quaternary nitrogens is 1. The summed E-state index contributed by atoms with van der Waals surface area (Å²) >= 11 is 0. The summed E-state index contributed by atoms with van der Waals surface area (Å²) in [6.45, 7) is 4.54. The molecule has 0 heterocycles. The van der Waals surface area contributed by atoms with E-state index in [-0.39, 0.29) is 19.1 Å². The van der Waals surface area contributed by atoms with Crippen molar-refractivity contribution in [3.63, 3.8) is 0 Å². The first-order chi connectivity index (χ1) is 32.0. The minimum Gasteiger partial charge on any atom is -0.756 e. The number of phosphoric ester groups is 1. The number of rotatable bonds is 52. The molecule has 0 saturated heterocycles. The molecule has 2 N–H and O–H groups in total. The summed E-state index contributed by atoms with van der Waals surface area (Å²) in [6.07, 6.45) is 63.1. The van der Waals surface area contributed by atoms with Gasteiger partial charge in [-0.25, -0.2) is 0 Å². The fourth-order valence-corrected chi connectivity index (χ4v) is 9.08. The molecule has 8 nitrogen and oxygen atoms in total. The summed E-state index contributed by atoms with van der Waals surface area (Å²) in [5, 5.41) is 13.6. The highest BCUT2D eigenvalue weighted by atomic mass is 31.2. The van der Waals surface area contributed by atoms with Gasteiger partial charge in [0.05, 0.1) is 39.9 Å². The molecule has 0 rings (SSSR count). The zero-order chi connectivity index (χ0) is 48.5. The molecule has 0 aromatic carbocycles. The van der Waals surface area contributed by atoms with Crippen LogP contribution in [-0.4, -0.2) is 68.5 Å². The first-order valence-corrected chi connectivity index (χ1v) is 29.8. The number of hydrogen-bond donors (Lipinski definition) is 2. The number of carbonyl (C=O) groups is 1. The van der Waals surface area contributed by atoms with Gasteiger partial charge in [-0.15, -0.1) is 0 Å². The van der Waals surface area contributed by atoms with Gasteiger partial charge >= 0.3 is 0 Å². The molecule has 0 saturated carbocycles. The SMILES string of the molecule is CCCCC/C=C/C(O)C(COP(=O)([O-])OCC[N+](C)(C)C)NC(=O)CCCCCCCCCCCCCCCCCCCCCCCCCCCCC/C=C\C/C=C\CCCCCCC. The Bertz CT molecular complexity index is 1170. The van der Waals surface area contributed by atoms with E-state index in [0.717, 1.165) is 51.4 Å². The van der Waals surface area contributed by atoms with Crippen LogP contribution in [0, 0.1) is 0 Å². The predicted octanol–water partition coefficient (Wildman–Crippen LogP) is 16.4. The highest BCUT2D eigenvalue weighted by Gasteiger charge is 2.23. The number of likely N-dealkylation sites (N-methyl/N-ethyl adjacent to an activating group) is 1. The minimum absolute atomic E-state index is 0.000285. The standard InChI is InChI=1S/C57H111N2O6P/c1-6-8-10-12-13-14-15-16-17-18-19-20-21-22-23-24-25-26-27-28-29-30-31-32-33-34-35-36-37-38-39-40-41-42-43-44-45-47-49-51-57(61)58-55(56(60)50-48-46-11-9-7-2)54-65-66(62,63)64-53-52-59(3,4)5/h15-16,18-19,48,50,55-56,60H,6-14,17,20-47,49,51-54H2,1-5H3,(H-,58,61,62,63)/b16-15-,19-18-,50-48+. The highest BCUT2D eigenvalue weighted by Crippen LogP contribution is 2.38. The Kier molecular flexibility index (Phi) is 47.8. The average Bonchev–Trinajstić information content (AvgIpc) is 3.27. The van der Waals surface area contributed by atoms with Gasteiger partial charge in [-0.2, -0.15) is 0 Å². The van der Waals surface area contributed by atoms with Crippen molar-refractivity contribution in [1.82, 2.24) is 5.32 Å². The molecule has 0 radical (unpaired) electrons. The Labute approximate surface area is 410 Å². The number of unbranched alkanes of at least 4 members (excludes halogenated alkanes) is 35. The van der Waals surface area contributed by atoms with Crippen LogP contribution >= 0.6 is 7.82 Å². The van der Waals surface area contributed by atoms with Crippen molar-refractivity contribution in [3.05, 3.63) is 36.5 Å². The lowest BCUT2D eigenvalue weighted by atomic mass is 10.0. The lowest BCUT2D eigenvalue weighted by Crippen LogP contribution is -2.45. The fraction of sp³-hybridized carbons (Fsp3) is 0.877. The normalized spacial score (nSPS) is 14.2. The van der Waals surface area contributed by atoms with E-state index in [1.54, 1.807) is 6.08 Å². The van der Waals surface area contributed by atoms with Crippen LogP contribution in [0.5, 0.6) is 0 Å². The van der Waals surface area contributed by atoms with E-state index < -0.39 is 20.0 Å². The summed E-state index contributed by atoms with van der Waals surface area (Å²) in [4.78, 5) is 25.2. The van der Waals surface area contributed by atoms with Crippen LogP contribution < -0.4 is 10.2 Å². The van der Waals surface area contributed by atoms with Crippen molar-refractivity contribution in [2.45, 2.75) is 283 Å². The molecule has 3 atom stereocenters. The number of phosphoric acid groups is 1. The Morgan fingerprint density at radius 3 is 1.29 bits per heavy atom. The van der Waals surface area contributed by atoms with E-state index in [1.165, 1.54) is 199 Å². The monoisotopic (exact) mass is 951 g/mol. The van der Waals surface area contributed by atoms with Gasteiger partial charge in [0, 0.05) is 6.42 Å². The van der Waals surface area contributed by atoms with E-state index in [2.05, 4.69) is 43.5 Å². The van der Waals surface area contributed by atoms with Crippen LogP contribution in [0.15, 0.2) is 36.5 Å². The van der Waals surface area contributed by atoms with E-state index in [1.807, 2.05) is 27.2 Å². The second-order valence-corrected chi connectivity index (χ2v) is 22.1. The first-order valence-electron chi connectivity index (χ1n) is 28.4. The molecule has 0 aliphatic carbocycles. The second kappa shape index (κ2) is 48.7. The van der Waals surface area contributed by atoms with Crippen LogP contribution in [-0.2, 0) is 18.4 Å². The van der Waals surface area contributed by atoms with Crippen LogP contribution in [0.2, 0.25) is 0 Å². The number of allylic oxidation sites excluding steroid dienone is 5. The largest absolute Gasteiger partial charge is 0.756 e. The number of aliphatic hydroxyl groups excluding tert-OH is 1. The molecule has 0 aromatic heterocycles. The minimum atomic E-state index is -4.57. The molecule has 66 heavy (non-hydrogen) atoms. The van der Waals surface area contributed by atoms with Gasteiger partial charge in [-0.3, -0.25) is 9.36 Å². The molecule has 0 aromatic rings. The zero-order valence-electron chi connectivity index (χ0n) is 44.4. The molecule has 0 aliphatic rings. The molecular formula is C57H111N2O6P. The summed E-state index contributed by atoms with van der Waals surface area (Å²) in [6, 6.07) is -0.880. The Balaban J connectivity index is 3.66. The number of nitrogens with zero attached hydrogens (tertiary/aromatic N) is 1. The molecule has 9 heteroatoms. The lowest BCUT2D eigenvalue weighted by molar-refractivity contribution is -0.870. The number of nitrogens with one attached hydrogen (secondary N) is 1. The maximum absolute atomic E-state index is 12.8. The third-order valence-corrected chi connectivity index (χ3v) is 13.8. The quantitative estimate of drug-likeness (QED) is 0.0272. The number of hydrogen-bond acceptors (Lipinski definition) is 6. The molecule has 0 spiro atoms. The van der Waals surface area contributed by atoms with Crippen molar-refractivity contribution in [2.75, 3.05) is 40.9 Å². The van der Waals surface area contributed by atoms with Crippen molar-refractivity contribution >= 4 is 13.7 Å². The molecule has 0 bridgehead atoms. The number of amides is 1. The molecule has 3 unspecified atom stereocenters. The van der Waals surface area contributed by atoms with E-state index in [9.17, 15) is 19.4 Å². The molecule has 390 valence electrons. The Hall–Kier alpha value is -1.28. The van der Waals surface area contributed by atoms with Gasteiger partial charge in [0.15, 0.2) is 0 Å². The van der Waals surface area contributed by atoms with Crippen LogP contribution in [0.1, 0.15) is 271 Å². The van der Waals surface area contributed by atoms with Crippen LogP contribution in [0.3, 0.4) is 0 Å². The van der Waals surface area contributed by atoms with Gasteiger partial charge in [-0.05, 0) is 51.4 Å². The second-order valence-electron chi connectivity index (χ2n) is 20.6. The third kappa shape index (κ3) is 50.6. The molecule has 0 fully saturated rings. The maximum atomic E-state index is 12.8. The third-order valence-electron chi connectivity index (χ3n) is 12.8. The van der Waals surface area contributed by atoms with Gasteiger partial charge in [0.2, 0.25) is 5.91 Å².